The van der Waals surface area contributed by atoms with E-state index in [2.05, 4.69) is 10.1 Å². The molecule has 0 unspecified atom stereocenters. The van der Waals surface area contributed by atoms with Crippen LogP contribution in [0.3, 0.4) is 0 Å². The first kappa shape index (κ1) is 13.3. The third kappa shape index (κ3) is 2.18. The summed E-state index contributed by atoms with van der Waals surface area (Å²) in [5, 5.41) is 3.83. The Morgan fingerprint density at radius 1 is 1.05 bits per heavy atom. The molecule has 0 saturated carbocycles. The Balaban J connectivity index is 2.37. The molecule has 108 valence electrons. The molecule has 0 atom stereocenters. The largest absolute Gasteiger partial charge is 0.434 e. The second-order valence-electron chi connectivity index (χ2n) is 4.33. The fourth-order valence-electron chi connectivity index (χ4n) is 2.07. The van der Waals surface area contributed by atoms with E-state index in [1.54, 1.807) is 0 Å². The van der Waals surface area contributed by atoms with Gasteiger partial charge < -0.3 is 5.73 Å². The zero-order valence-electron chi connectivity index (χ0n) is 10.4. The van der Waals surface area contributed by atoms with Gasteiger partial charge in [-0.05, 0) is 17.7 Å². The summed E-state index contributed by atoms with van der Waals surface area (Å²) in [6, 6.07) is 5.87. The van der Waals surface area contributed by atoms with Crippen molar-refractivity contribution in [1.29, 1.82) is 0 Å². The van der Waals surface area contributed by atoms with Crippen molar-refractivity contribution in [1.82, 2.24) is 14.6 Å². The van der Waals surface area contributed by atoms with E-state index in [4.69, 9.17) is 5.73 Å². The van der Waals surface area contributed by atoms with E-state index in [1.165, 1.54) is 24.4 Å². The molecule has 2 N–H and O–H groups in total. The van der Waals surface area contributed by atoms with Gasteiger partial charge in [-0.1, -0.05) is 12.1 Å². The molecule has 0 radical (unpaired) electrons. The molecule has 3 aromatic rings. The van der Waals surface area contributed by atoms with Gasteiger partial charge in [-0.3, -0.25) is 0 Å². The molecule has 0 bridgehead atoms. The van der Waals surface area contributed by atoms with Crippen molar-refractivity contribution in [3.63, 3.8) is 0 Å². The molecule has 4 nitrogen and oxygen atoms in total. The lowest BCUT2D eigenvalue weighted by atomic mass is 10.0. The van der Waals surface area contributed by atoms with Gasteiger partial charge in [-0.25, -0.2) is 9.37 Å². The van der Waals surface area contributed by atoms with Crippen LogP contribution in [0.5, 0.6) is 0 Å². The number of aromatic nitrogens is 3. The fourth-order valence-corrected chi connectivity index (χ4v) is 2.07. The molecule has 0 spiro atoms. The molecular formula is C13H8F4N4. The van der Waals surface area contributed by atoms with Crippen molar-refractivity contribution >= 4 is 11.5 Å². The van der Waals surface area contributed by atoms with Crippen molar-refractivity contribution < 1.29 is 17.6 Å². The van der Waals surface area contributed by atoms with Crippen LogP contribution >= 0.6 is 0 Å². The van der Waals surface area contributed by atoms with Crippen LogP contribution in [0.4, 0.5) is 23.4 Å². The number of halogens is 4. The van der Waals surface area contributed by atoms with E-state index in [0.717, 1.165) is 16.6 Å². The van der Waals surface area contributed by atoms with Crippen LogP contribution in [0.25, 0.3) is 16.8 Å². The standard InChI is InChI=1S/C13H8F4N4/c14-8-3-1-7(2-4-8)10-11(13(15,16)17)20-9-5-6-19-21(9)12(10)18/h1-6H,18H2. The predicted octanol–water partition coefficient (Wildman–Crippen LogP) is 3.14. The van der Waals surface area contributed by atoms with Crippen molar-refractivity contribution in [2.75, 3.05) is 5.73 Å². The number of alkyl halides is 3. The van der Waals surface area contributed by atoms with Gasteiger partial charge in [0.25, 0.3) is 0 Å². The zero-order chi connectivity index (χ0) is 15.2. The minimum atomic E-state index is -4.69. The second kappa shape index (κ2) is 4.44. The summed E-state index contributed by atoms with van der Waals surface area (Å²) in [5.41, 5.74) is 4.46. The van der Waals surface area contributed by atoms with Gasteiger partial charge >= 0.3 is 6.18 Å². The summed E-state index contributed by atoms with van der Waals surface area (Å²) in [5.74, 6) is -0.761. The van der Waals surface area contributed by atoms with Gasteiger partial charge in [-0.15, -0.1) is 0 Å². The minimum Gasteiger partial charge on any atom is -0.383 e. The highest BCUT2D eigenvalue weighted by atomic mass is 19.4. The molecule has 3 rings (SSSR count). The van der Waals surface area contributed by atoms with E-state index in [1.807, 2.05) is 0 Å². The summed E-state index contributed by atoms with van der Waals surface area (Å²) >= 11 is 0. The Labute approximate surface area is 115 Å². The Bertz CT molecular complexity index is 805. The molecule has 8 heteroatoms. The lowest BCUT2D eigenvalue weighted by Crippen LogP contribution is -2.15. The number of nitrogen functional groups attached to an aromatic ring is 1. The lowest BCUT2D eigenvalue weighted by molar-refractivity contribution is -0.140. The van der Waals surface area contributed by atoms with Gasteiger partial charge in [0.2, 0.25) is 0 Å². The molecule has 0 aliphatic carbocycles. The molecule has 0 amide bonds. The predicted molar refractivity (Wildman–Crippen MR) is 67.8 cm³/mol. The first-order valence-electron chi connectivity index (χ1n) is 5.84. The first-order chi connectivity index (χ1) is 9.88. The lowest BCUT2D eigenvalue weighted by Gasteiger charge is -2.15. The molecule has 2 heterocycles. The van der Waals surface area contributed by atoms with Gasteiger partial charge in [0, 0.05) is 6.07 Å². The number of anilines is 1. The van der Waals surface area contributed by atoms with E-state index in [9.17, 15) is 17.6 Å². The molecule has 1 aromatic carbocycles. The number of fused-ring (bicyclic) bond motifs is 1. The average Bonchev–Trinajstić information content (AvgIpc) is 2.88. The number of nitrogens with two attached hydrogens (primary N) is 1. The monoisotopic (exact) mass is 296 g/mol. The molecule has 0 saturated heterocycles. The third-order valence-electron chi connectivity index (χ3n) is 2.97. The van der Waals surface area contributed by atoms with Crippen molar-refractivity contribution in [2.45, 2.75) is 6.18 Å². The molecule has 0 aliphatic heterocycles. The normalized spacial score (nSPS) is 12.0. The van der Waals surface area contributed by atoms with Crippen LogP contribution in [0, 0.1) is 5.82 Å². The van der Waals surface area contributed by atoms with E-state index in [0.29, 0.717) is 0 Å². The quantitative estimate of drug-likeness (QED) is 0.702. The zero-order valence-corrected chi connectivity index (χ0v) is 10.4. The van der Waals surface area contributed by atoms with Crippen LogP contribution in [-0.4, -0.2) is 14.6 Å². The van der Waals surface area contributed by atoms with E-state index in [-0.39, 0.29) is 22.6 Å². The number of rotatable bonds is 1. The molecule has 0 aliphatic rings. The van der Waals surface area contributed by atoms with E-state index >= 15 is 0 Å². The Morgan fingerprint density at radius 2 is 1.71 bits per heavy atom. The third-order valence-corrected chi connectivity index (χ3v) is 2.97. The summed E-state index contributed by atoms with van der Waals surface area (Å²) in [4.78, 5) is 3.57. The van der Waals surface area contributed by atoms with Gasteiger partial charge in [0.15, 0.2) is 11.3 Å². The topological polar surface area (TPSA) is 56.2 Å². The molecular weight excluding hydrogens is 288 g/mol. The van der Waals surface area contributed by atoms with Crippen LogP contribution in [0.15, 0.2) is 36.5 Å². The van der Waals surface area contributed by atoms with Crippen molar-refractivity contribution in [2.24, 2.45) is 0 Å². The van der Waals surface area contributed by atoms with Crippen molar-refractivity contribution in [3.05, 3.63) is 48.0 Å². The summed E-state index contributed by atoms with van der Waals surface area (Å²) in [7, 11) is 0. The van der Waals surface area contributed by atoms with Gasteiger partial charge in [0.1, 0.15) is 11.6 Å². The molecule has 0 fully saturated rings. The summed E-state index contributed by atoms with van der Waals surface area (Å²) in [6.07, 6.45) is -3.39. The summed E-state index contributed by atoms with van der Waals surface area (Å²) in [6.45, 7) is 0. The Kier molecular flexibility index (Phi) is 2.82. The molecule has 21 heavy (non-hydrogen) atoms. The maximum Gasteiger partial charge on any atom is 0.434 e. The van der Waals surface area contributed by atoms with Crippen LogP contribution in [-0.2, 0) is 6.18 Å². The number of nitrogens with zero attached hydrogens (tertiary/aromatic N) is 3. The average molecular weight is 296 g/mol. The van der Waals surface area contributed by atoms with E-state index < -0.39 is 17.7 Å². The van der Waals surface area contributed by atoms with Crippen LogP contribution in [0.2, 0.25) is 0 Å². The second-order valence-corrected chi connectivity index (χ2v) is 4.33. The maximum atomic E-state index is 13.2. The highest BCUT2D eigenvalue weighted by molar-refractivity contribution is 5.78. The molecule has 2 aromatic heterocycles. The Hall–Kier alpha value is -2.64. The van der Waals surface area contributed by atoms with Gasteiger partial charge in [0.05, 0.1) is 11.8 Å². The smallest absolute Gasteiger partial charge is 0.383 e. The number of hydrogen-bond acceptors (Lipinski definition) is 3. The summed E-state index contributed by atoms with van der Waals surface area (Å²) < 4.78 is 53.7. The maximum absolute atomic E-state index is 13.2. The highest BCUT2D eigenvalue weighted by Gasteiger charge is 2.38. The fraction of sp³-hybridized carbons (Fsp3) is 0.0769. The highest BCUT2D eigenvalue weighted by Crippen LogP contribution is 2.39. The van der Waals surface area contributed by atoms with Gasteiger partial charge in [-0.2, -0.15) is 22.8 Å². The van der Waals surface area contributed by atoms with Crippen LogP contribution in [0.1, 0.15) is 5.69 Å². The SMILES string of the molecule is Nc1c(-c2ccc(F)cc2)c(C(F)(F)F)nc2ccnn12. The Morgan fingerprint density at radius 3 is 2.33 bits per heavy atom. The first-order valence-corrected chi connectivity index (χ1v) is 5.84. The number of hydrogen-bond donors (Lipinski definition) is 1. The number of benzene rings is 1. The van der Waals surface area contributed by atoms with Crippen molar-refractivity contribution in [3.8, 4) is 11.1 Å². The van der Waals surface area contributed by atoms with Crippen LogP contribution < -0.4 is 5.73 Å². The minimum absolute atomic E-state index is 0.00862.